The van der Waals surface area contributed by atoms with Gasteiger partial charge in [-0.15, -0.1) is 0 Å². The Kier molecular flexibility index (Phi) is 5.35. The summed E-state index contributed by atoms with van der Waals surface area (Å²) in [5.41, 5.74) is 2.41. The number of aliphatic carboxylic acids is 1. The van der Waals surface area contributed by atoms with E-state index in [0.29, 0.717) is 24.9 Å². The third-order valence-corrected chi connectivity index (χ3v) is 5.64. The third-order valence-electron chi connectivity index (χ3n) is 5.64. The highest BCUT2D eigenvalue weighted by Gasteiger charge is 2.45. The van der Waals surface area contributed by atoms with Crippen molar-refractivity contribution >= 4 is 11.9 Å². The summed E-state index contributed by atoms with van der Waals surface area (Å²) in [6.45, 7) is 4.53. The van der Waals surface area contributed by atoms with Gasteiger partial charge in [-0.3, -0.25) is 9.48 Å². The highest BCUT2D eigenvalue weighted by Crippen LogP contribution is 2.34. The molecule has 1 N–H and O–H groups in total. The number of likely N-dealkylation sites (N-methyl/N-ethyl adjacent to an activating group) is 1. The average molecular weight is 369 g/mol. The van der Waals surface area contributed by atoms with Crippen LogP contribution in [0.1, 0.15) is 59.4 Å². The van der Waals surface area contributed by atoms with Gasteiger partial charge in [0.15, 0.2) is 0 Å². The number of aryl methyl sites for hydroxylation is 2. The fourth-order valence-corrected chi connectivity index (χ4v) is 4.03. The number of rotatable bonds is 5. The first-order chi connectivity index (χ1) is 12.8. The van der Waals surface area contributed by atoms with E-state index >= 15 is 0 Å². The van der Waals surface area contributed by atoms with E-state index in [-0.39, 0.29) is 5.91 Å². The van der Waals surface area contributed by atoms with Crippen molar-refractivity contribution < 1.29 is 14.7 Å². The van der Waals surface area contributed by atoms with Crippen molar-refractivity contribution in [1.82, 2.24) is 14.7 Å². The standard InChI is InChI=1S/C21H27N3O3/c1-15-12-16(2)24(22-15)14-17-8-7-9-18(13-17)19(25)23(3)21(20(26)27)10-5-4-6-11-21/h7-9,12-13H,4-6,10-11,14H2,1-3H3,(H,26,27). The van der Waals surface area contributed by atoms with Crippen molar-refractivity contribution in [2.45, 2.75) is 58.0 Å². The quantitative estimate of drug-likeness (QED) is 0.876. The predicted octanol–water partition coefficient (Wildman–Crippen LogP) is 3.41. The molecule has 0 spiro atoms. The van der Waals surface area contributed by atoms with Gasteiger partial charge in [0.05, 0.1) is 12.2 Å². The molecule has 0 radical (unpaired) electrons. The van der Waals surface area contributed by atoms with Crippen molar-refractivity contribution in [2.24, 2.45) is 0 Å². The zero-order valence-corrected chi connectivity index (χ0v) is 16.2. The molecule has 27 heavy (non-hydrogen) atoms. The van der Waals surface area contributed by atoms with E-state index in [0.717, 1.165) is 36.2 Å². The van der Waals surface area contributed by atoms with E-state index in [2.05, 4.69) is 5.10 Å². The number of benzene rings is 1. The normalized spacial score (nSPS) is 16.1. The number of amides is 1. The third kappa shape index (κ3) is 3.75. The number of carboxylic acid groups (broad SMARTS) is 1. The van der Waals surface area contributed by atoms with Crippen LogP contribution in [0.4, 0.5) is 0 Å². The summed E-state index contributed by atoms with van der Waals surface area (Å²) < 4.78 is 1.91. The molecule has 1 aromatic carbocycles. The molecule has 2 aromatic rings. The Morgan fingerprint density at radius 3 is 2.48 bits per heavy atom. The second-order valence-corrected chi connectivity index (χ2v) is 7.55. The Bertz CT molecular complexity index is 850. The lowest BCUT2D eigenvalue weighted by Gasteiger charge is -2.41. The van der Waals surface area contributed by atoms with Crippen LogP contribution in [0.5, 0.6) is 0 Å². The minimum absolute atomic E-state index is 0.241. The molecule has 144 valence electrons. The summed E-state index contributed by atoms with van der Waals surface area (Å²) in [6, 6.07) is 9.41. The number of nitrogens with zero attached hydrogens (tertiary/aromatic N) is 3. The summed E-state index contributed by atoms with van der Waals surface area (Å²) in [4.78, 5) is 26.5. The van der Waals surface area contributed by atoms with Crippen molar-refractivity contribution in [3.05, 3.63) is 52.8 Å². The van der Waals surface area contributed by atoms with Crippen LogP contribution in [0.2, 0.25) is 0 Å². The molecule has 0 unspecified atom stereocenters. The van der Waals surface area contributed by atoms with Gasteiger partial charge in [-0.05, 0) is 50.5 Å². The lowest BCUT2D eigenvalue weighted by molar-refractivity contribution is -0.151. The maximum absolute atomic E-state index is 13.1. The molecule has 1 saturated carbocycles. The number of aromatic nitrogens is 2. The van der Waals surface area contributed by atoms with Crippen LogP contribution >= 0.6 is 0 Å². The number of carbonyl (C=O) groups is 2. The second kappa shape index (κ2) is 7.55. The first-order valence-corrected chi connectivity index (χ1v) is 9.45. The first-order valence-electron chi connectivity index (χ1n) is 9.45. The smallest absolute Gasteiger partial charge is 0.329 e. The van der Waals surface area contributed by atoms with Gasteiger partial charge in [0.2, 0.25) is 0 Å². The molecule has 0 saturated heterocycles. The Morgan fingerprint density at radius 2 is 1.89 bits per heavy atom. The molecule has 0 atom stereocenters. The molecular weight excluding hydrogens is 342 g/mol. The molecule has 1 aromatic heterocycles. The lowest BCUT2D eigenvalue weighted by atomic mass is 9.80. The van der Waals surface area contributed by atoms with Crippen LogP contribution in [-0.4, -0.2) is 44.3 Å². The molecule has 3 rings (SSSR count). The average Bonchev–Trinajstić information content (AvgIpc) is 2.98. The number of hydrogen-bond donors (Lipinski definition) is 1. The fraction of sp³-hybridized carbons (Fsp3) is 0.476. The molecule has 0 aliphatic heterocycles. The van der Waals surface area contributed by atoms with E-state index < -0.39 is 11.5 Å². The predicted molar refractivity (Wildman–Crippen MR) is 103 cm³/mol. The topological polar surface area (TPSA) is 75.4 Å². The first kappa shape index (κ1) is 19.1. The maximum Gasteiger partial charge on any atom is 0.329 e. The SMILES string of the molecule is Cc1cc(C)n(Cc2cccc(C(=O)N(C)C3(C(=O)O)CCCCC3)c2)n1. The van der Waals surface area contributed by atoms with Gasteiger partial charge in [0, 0.05) is 18.3 Å². The van der Waals surface area contributed by atoms with Crippen LogP contribution in [0.25, 0.3) is 0 Å². The lowest BCUT2D eigenvalue weighted by Crippen LogP contribution is -2.56. The summed E-state index contributed by atoms with van der Waals surface area (Å²) in [7, 11) is 1.62. The van der Waals surface area contributed by atoms with E-state index in [1.807, 2.05) is 42.8 Å². The Labute approximate surface area is 159 Å². The summed E-state index contributed by atoms with van der Waals surface area (Å²) >= 11 is 0. The number of carboxylic acids is 1. The summed E-state index contributed by atoms with van der Waals surface area (Å²) in [6.07, 6.45) is 3.71. The molecule has 0 bridgehead atoms. The zero-order chi connectivity index (χ0) is 19.6. The molecule has 6 nitrogen and oxygen atoms in total. The van der Waals surface area contributed by atoms with Gasteiger partial charge in [-0.2, -0.15) is 5.10 Å². The molecule has 1 fully saturated rings. The van der Waals surface area contributed by atoms with Crippen molar-refractivity contribution in [3.63, 3.8) is 0 Å². The van der Waals surface area contributed by atoms with Crippen molar-refractivity contribution in [3.8, 4) is 0 Å². The van der Waals surface area contributed by atoms with Gasteiger partial charge in [0.25, 0.3) is 5.91 Å². The van der Waals surface area contributed by atoms with Gasteiger partial charge >= 0.3 is 5.97 Å². The van der Waals surface area contributed by atoms with E-state index in [4.69, 9.17) is 0 Å². The van der Waals surface area contributed by atoms with Crippen LogP contribution in [0.15, 0.2) is 30.3 Å². The molecule has 6 heteroatoms. The Morgan fingerprint density at radius 1 is 1.19 bits per heavy atom. The minimum Gasteiger partial charge on any atom is -0.479 e. The van der Waals surface area contributed by atoms with Gasteiger partial charge < -0.3 is 10.0 Å². The van der Waals surface area contributed by atoms with Crippen molar-refractivity contribution in [2.75, 3.05) is 7.05 Å². The Balaban J connectivity index is 1.84. The number of hydrogen-bond acceptors (Lipinski definition) is 3. The van der Waals surface area contributed by atoms with Crippen molar-refractivity contribution in [1.29, 1.82) is 0 Å². The van der Waals surface area contributed by atoms with Gasteiger partial charge in [-0.25, -0.2) is 4.79 Å². The molecular formula is C21H27N3O3. The maximum atomic E-state index is 13.1. The van der Waals surface area contributed by atoms with E-state index in [1.165, 1.54) is 4.90 Å². The summed E-state index contributed by atoms with van der Waals surface area (Å²) in [5, 5.41) is 14.3. The van der Waals surface area contributed by atoms with Gasteiger partial charge in [0.1, 0.15) is 5.54 Å². The highest BCUT2D eigenvalue weighted by atomic mass is 16.4. The summed E-state index contributed by atoms with van der Waals surface area (Å²) in [5.74, 6) is -1.15. The monoisotopic (exact) mass is 369 g/mol. The van der Waals surface area contributed by atoms with Crippen LogP contribution in [0, 0.1) is 13.8 Å². The molecule has 1 aliphatic rings. The van der Waals surface area contributed by atoms with Gasteiger partial charge in [-0.1, -0.05) is 31.4 Å². The minimum atomic E-state index is -1.10. The van der Waals surface area contributed by atoms with Crippen LogP contribution < -0.4 is 0 Å². The zero-order valence-electron chi connectivity index (χ0n) is 16.2. The van der Waals surface area contributed by atoms with E-state index in [1.54, 1.807) is 13.1 Å². The van der Waals surface area contributed by atoms with E-state index in [9.17, 15) is 14.7 Å². The molecule has 1 amide bonds. The fourth-order valence-electron chi connectivity index (χ4n) is 4.03. The van der Waals surface area contributed by atoms with Crippen LogP contribution in [-0.2, 0) is 11.3 Å². The molecule has 1 heterocycles. The largest absolute Gasteiger partial charge is 0.479 e. The number of carbonyl (C=O) groups excluding carboxylic acids is 1. The Hall–Kier alpha value is -2.63. The highest BCUT2D eigenvalue weighted by molar-refractivity contribution is 5.97. The van der Waals surface area contributed by atoms with Crippen LogP contribution in [0.3, 0.4) is 0 Å². The second-order valence-electron chi connectivity index (χ2n) is 7.55. The molecule has 1 aliphatic carbocycles.